The van der Waals surface area contributed by atoms with Gasteiger partial charge < -0.3 is 24.4 Å². The smallest absolute Gasteiger partial charge is 0.255 e. The molecule has 2 aromatic rings. The number of hydrogen-bond donors (Lipinski definition) is 1. The van der Waals surface area contributed by atoms with E-state index in [0.29, 0.717) is 29.4 Å². The summed E-state index contributed by atoms with van der Waals surface area (Å²) in [7, 11) is 3.22. The summed E-state index contributed by atoms with van der Waals surface area (Å²) in [5.41, 5.74) is 4.34. The fourth-order valence-corrected chi connectivity index (χ4v) is 4.54. The van der Waals surface area contributed by atoms with Gasteiger partial charge in [-0.05, 0) is 63.1 Å². The Balaban J connectivity index is 1.91. The fraction of sp³-hybridized carbons (Fsp3) is 0.375. The molecule has 6 heteroatoms. The van der Waals surface area contributed by atoms with E-state index in [-0.39, 0.29) is 17.6 Å². The zero-order valence-corrected chi connectivity index (χ0v) is 18.3. The van der Waals surface area contributed by atoms with Crippen LogP contribution in [0.4, 0.5) is 5.69 Å². The van der Waals surface area contributed by atoms with E-state index in [1.165, 1.54) is 0 Å². The monoisotopic (exact) mass is 408 g/mol. The number of methoxy groups -OCH3 is 2. The highest BCUT2D eigenvalue weighted by Gasteiger charge is 2.43. The van der Waals surface area contributed by atoms with Crippen LogP contribution in [-0.4, -0.2) is 32.3 Å². The molecule has 158 valence electrons. The lowest BCUT2D eigenvalue weighted by molar-refractivity contribution is 0.0921. The highest BCUT2D eigenvalue weighted by Crippen LogP contribution is 2.49. The molecule has 2 heterocycles. The van der Waals surface area contributed by atoms with E-state index in [4.69, 9.17) is 14.2 Å². The van der Waals surface area contributed by atoms with Gasteiger partial charge in [-0.25, -0.2) is 0 Å². The van der Waals surface area contributed by atoms with Crippen molar-refractivity contribution in [1.82, 2.24) is 5.32 Å². The first-order valence-corrected chi connectivity index (χ1v) is 10.1. The number of nitrogens with one attached hydrogen (secondary N) is 1. The van der Waals surface area contributed by atoms with Gasteiger partial charge >= 0.3 is 0 Å². The molecule has 1 N–H and O–H groups in total. The molecule has 0 aliphatic carbocycles. The molecule has 0 fully saturated rings. The Labute approximate surface area is 177 Å². The van der Waals surface area contributed by atoms with E-state index in [1.807, 2.05) is 37.3 Å². The molecule has 1 unspecified atom stereocenters. The molecule has 0 bridgehead atoms. The van der Waals surface area contributed by atoms with Crippen LogP contribution in [0.5, 0.6) is 17.2 Å². The van der Waals surface area contributed by atoms with E-state index < -0.39 is 0 Å². The molecule has 4 rings (SSSR count). The maximum atomic E-state index is 13.2. The van der Waals surface area contributed by atoms with Crippen molar-refractivity contribution >= 4 is 17.2 Å². The molecule has 0 aromatic heterocycles. The zero-order valence-electron chi connectivity index (χ0n) is 18.3. The third-order valence-electron chi connectivity index (χ3n) is 5.74. The number of rotatable bonds is 5. The van der Waals surface area contributed by atoms with Crippen LogP contribution in [0.1, 0.15) is 55.3 Å². The predicted octanol–water partition coefficient (Wildman–Crippen LogP) is 4.55. The van der Waals surface area contributed by atoms with Crippen LogP contribution in [0.2, 0.25) is 0 Å². The molecule has 2 aliphatic rings. The van der Waals surface area contributed by atoms with Gasteiger partial charge in [0.15, 0.2) is 11.5 Å². The quantitative estimate of drug-likeness (QED) is 0.787. The van der Waals surface area contributed by atoms with Crippen LogP contribution < -0.4 is 24.4 Å². The average molecular weight is 408 g/mol. The van der Waals surface area contributed by atoms with Gasteiger partial charge in [-0.1, -0.05) is 12.1 Å². The molecule has 1 atom stereocenters. The third-order valence-corrected chi connectivity index (χ3v) is 5.74. The van der Waals surface area contributed by atoms with Gasteiger partial charge in [-0.2, -0.15) is 0 Å². The Morgan fingerprint density at radius 1 is 1.07 bits per heavy atom. The number of carbonyl (C=O) groups is 1. The number of allylic oxidation sites excluding steroid dienone is 1. The van der Waals surface area contributed by atoms with Gasteiger partial charge in [0.25, 0.3) is 5.91 Å². The second-order valence-electron chi connectivity index (χ2n) is 8.14. The summed E-state index contributed by atoms with van der Waals surface area (Å²) in [6.45, 7) is 8.89. The summed E-state index contributed by atoms with van der Waals surface area (Å²) in [5.74, 6) is 1.87. The Kier molecular flexibility index (Phi) is 4.88. The summed E-state index contributed by atoms with van der Waals surface area (Å²) >= 11 is 0. The van der Waals surface area contributed by atoms with Crippen LogP contribution in [-0.2, 0) is 0 Å². The first-order chi connectivity index (χ1) is 14.3. The van der Waals surface area contributed by atoms with Crippen molar-refractivity contribution in [2.75, 3.05) is 25.7 Å². The third kappa shape index (κ3) is 3.07. The Bertz CT molecular complexity index is 1040. The molecular formula is C24H28N2O4. The van der Waals surface area contributed by atoms with Crippen LogP contribution in [0.15, 0.2) is 36.4 Å². The molecular weight excluding hydrogens is 380 g/mol. The summed E-state index contributed by atoms with van der Waals surface area (Å²) in [5, 5.41) is 3.19. The zero-order chi connectivity index (χ0) is 21.6. The number of ether oxygens (including phenoxy) is 3. The average Bonchev–Trinajstić information content (AvgIpc) is 2.71. The Morgan fingerprint density at radius 3 is 2.43 bits per heavy atom. The summed E-state index contributed by atoms with van der Waals surface area (Å²) < 4.78 is 16.6. The molecule has 1 amide bonds. The van der Waals surface area contributed by atoms with Crippen molar-refractivity contribution in [3.63, 3.8) is 0 Å². The lowest BCUT2D eigenvalue weighted by atomic mass is 9.84. The minimum atomic E-state index is -0.346. The fourth-order valence-electron chi connectivity index (χ4n) is 4.54. The molecule has 0 saturated carbocycles. The molecule has 30 heavy (non-hydrogen) atoms. The van der Waals surface area contributed by atoms with E-state index in [0.717, 1.165) is 22.4 Å². The highest BCUT2D eigenvalue weighted by molar-refractivity contribution is 6.06. The van der Waals surface area contributed by atoms with Crippen LogP contribution >= 0.6 is 0 Å². The van der Waals surface area contributed by atoms with Crippen molar-refractivity contribution in [2.45, 2.75) is 39.4 Å². The van der Waals surface area contributed by atoms with Gasteiger partial charge in [0.1, 0.15) is 11.9 Å². The minimum Gasteiger partial charge on any atom is -0.494 e. The molecule has 0 saturated heterocycles. The predicted molar refractivity (Wildman–Crippen MR) is 118 cm³/mol. The maximum Gasteiger partial charge on any atom is 0.255 e. The van der Waals surface area contributed by atoms with E-state index in [9.17, 15) is 4.79 Å². The number of nitrogens with zero attached hydrogens (tertiary/aromatic N) is 1. The van der Waals surface area contributed by atoms with Crippen LogP contribution in [0.3, 0.4) is 0 Å². The molecule has 2 aliphatic heterocycles. The number of benzene rings is 2. The van der Waals surface area contributed by atoms with Crippen molar-refractivity contribution < 1.29 is 19.0 Å². The van der Waals surface area contributed by atoms with E-state index >= 15 is 0 Å². The molecule has 6 nitrogen and oxygen atoms in total. The van der Waals surface area contributed by atoms with Gasteiger partial charge in [-0.3, -0.25) is 4.79 Å². The van der Waals surface area contributed by atoms with E-state index in [2.05, 4.69) is 37.1 Å². The largest absolute Gasteiger partial charge is 0.494 e. The normalized spacial score (nSPS) is 18.9. The number of carbonyl (C=O) groups excluding carboxylic acids is 1. The van der Waals surface area contributed by atoms with Gasteiger partial charge in [0.2, 0.25) is 0 Å². The SMILES string of the molecule is CCOc1cc2c3c(c1)C(C)=CC(C)(C)N3C(c1ccc(OC)c(OC)c1)NC2=O. The van der Waals surface area contributed by atoms with Crippen molar-refractivity contribution in [3.8, 4) is 17.2 Å². The summed E-state index contributed by atoms with van der Waals surface area (Å²) in [6, 6.07) is 9.62. The lowest BCUT2D eigenvalue weighted by Crippen LogP contribution is -2.56. The second kappa shape index (κ2) is 7.27. The first-order valence-electron chi connectivity index (χ1n) is 10.1. The summed E-state index contributed by atoms with van der Waals surface area (Å²) in [4.78, 5) is 15.5. The topological polar surface area (TPSA) is 60.0 Å². The minimum absolute atomic E-state index is 0.116. The van der Waals surface area contributed by atoms with Gasteiger partial charge in [-0.15, -0.1) is 0 Å². The summed E-state index contributed by atoms with van der Waals surface area (Å²) in [6.07, 6.45) is 1.89. The Hall–Kier alpha value is -3.15. The second-order valence-corrected chi connectivity index (χ2v) is 8.14. The lowest BCUT2D eigenvalue weighted by Gasteiger charge is -2.51. The van der Waals surface area contributed by atoms with Crippen molar-refractivity contribution in [1.29, 1.82) is 0 Å². The van der Waals surface area contributed by atoms with Gasteiger partial charge in [0, 0.05) is 5.56 Å². The standard InChI is InChI=1S/C24H28N2O4/c1-7-30-16-11-17-14(2)13-24(3,4)26-21(17)18(12-16)23(27)25-22(26)15-8-9-19(28-5)20(10-15)29-6/h8-13,22H,7H2,1-6H3,(H,25,27). The number of anilines is 1. The van der Waals surface area contributed by atoms with Crippen LogP contribution in [0.25, 0.3) is 5.57 Å². The number of amides is 1. The maximum absolute atomic E-state index is 13.2. The Morgan fingerprint density at radius 2 is 1.77 bits per heavy atom. The molecule has 2 aromatic carbocycles. The molecule has 0 radical (unpaired) electrons. The first kappa shape index (κ1) is 20.1. The van der Waals surface area contributed by atoms with Crippen molar-refractivity contribution in [3.05, 3.63) is 53.1 Å². The van der Waals surface area contributed by atoms with Crippen molar-refractivity contribution in [2.24, 2.45) is 0 Å². The van der Waals surface area contributed by atoms with Crippen LogP contribution in [0, 0.1) is 0 Å². The van der Waals surface area contributed by atoms with E-state index in [1.54, 1.807) is 14.2 Å². The number of hydrogen-bond acceptors (Lipinski definition) is 5. The van der Waals surface area contributed by atoms with Gasteiger partial charge in [0.05, 0.1) is 37.6 Å². The highest BCUT2D eigenvalue weighted by atomic mass is 16.5. The molecule has 0 spiro atoms.